The molecular weight excluding hydrogens is 390 g/mol. The van der Waals surface area contributed by atoms with E-state index in [0.29, 0.717) is 18.7 Å². The van der Waals surface area contributed by atoms with E-state index in [1.54, 1.807) is 6.07 Å². The molecule has 1 aliphatic heterocycles. The average molecular weight is 415 g/mol. The maximum Gasteiger partial charge on any atom is 0.323 e. The van der Waals surface area contributed by atoms with Crippen LogP contribution in [0.4, 0.5) is 0 Å². The molecule has 1 amide bonds. The lowest BCUT2D eigenvalue weighted by Gasteiger charge is -2.28. The van der Waals surface area contributed by atoms with Crippen LogP contribution < -0.4 is 5.32 Å². The number of aromatic nitrogens is 1. The minimum atomic E-state index is -0.348. The second kappa shape index (κ2) is 8.12. The third-order valence-electron chi connectivity index (χ3n) is 6.48. The van der Waals surface area contributed by atoms with Gasteiger partial charge in [0, 0.05) is 24.0 Å². The summed E-state index contributed by atoms with van der Waals surface area (Å²) in [6, 6.07) is 19.6. The number of nitrogens with zero attached hydrogens (tertiary/aromatic N) is 2. The number of methoxy groups -OCH3 is 1. The number of benzene rings is 2. The van der Waals surface area contributed by atoms with Gasteiger partial charge < -0.3 is 10.1 Å². The predicted molar refractivity (Wildman–Crippen MR) is 118 cm³/mol. The lowest BCUT2D eigenvalue weighted by molar-refractivity contribution is -0.146. The second-order valence-electron chi connectivity index (χ2n) is 8.36. The highest BCUT2D eigenvalue weighted by Gasteiger charge is 2.43. The van der Waals surface area contributed by atoms with Crippen molar-refractivity contribution in [2.75, 3.05) is 13.7 Å². The molecule has 1 N–H and O–H groups in total. The number of hydrogen-bond donors (Lipinski definition) is 1. The van der Waals surface area contributed by atoms with E-state index in [2.05, 4.69) is 39.5 Å². The molecule has 6 nitrogen and oxygen atoms in total. The number of ether oxygens (including phenoxy) is 1. The Labute approximate surface area is 181 Å². The van der Waals surface area contributed by atoms with E-state index < -0.39 is 0 Å². The van der Waals surface area contributed by atoms with Crippen molar-refractivity contribution in [2.24, 2.45) is 0 Å². The van der Waals surface area contributed by atoms with Crippen molar-refractivity contribution < 1.29 is 14.3 Å². The number of carbonyl (C=O) groups excluding carboxylic acids is 2. The molecule has 31 heavy (non-hydrogen) atoms. The first kappa shape index (κ1) is 19.7. The molecule has 2 heterocycles. The number of para-hydroxylation sites is 1. The average Bonchev–Trinajstić information content (AvgIpc) is 3.42. The third kappa shape index (κ3) is 3.79. The van der Waals surface area contributed by atoms with E-state index in [-0.39, 0.29) is 30.0 Å². The molecule has 0 bridgehead atoms. The van der Waals surface area contributed by atoms with Crippen molar-refractivity contribution >= 4 is 22.8 Å². The van der Waals surface area contributed by atoms with Crippen LogP contribution in [0.3, 0.4) is 0 Å². The number of amides is 1. The number of nitrogens with one attached hydrogen (secondary N) is 1. The molecule has 0 saturated carbocycles. The van der Waals surface area contributed by atoms with Crippen LogP contribution in [0.15, 0.2) is 60.7 Å². The van der Waals surface area contributed by atoms with Crippen LogP contribution in [-0.4, -0.2) is 53.5 Å². The molecule has 2 aliphatic rings. The number of fused-ring (bicyclic) bond motifs is 2. The largest absolute Gasteiger partial charge is 0.468 e. The van der Waals surface area contributed by atoms with E-state index in [9.17, 15) is 9.59 Å². The summed E-state index contributed by atoms with van der Waals surface area (Å²) in [5.41, 5.74) is 3.85. The van der Waals surface area contributed by atoms with Crippen LogP contribution >= 0.6 is 0 Å². The monoisotopic (exact) mass is 415 g/mol. The topological polar surface area (TPSA) is 71.5 Å². The van der Waals surface area contributed by atoms with Crippen molar-refractivity contribution in [3.63, 3.8) is 0 Å². The Bertz CT molecular complexity index is 1120. The van der Waals surface area contributed by atoms with Crippen LogP contribution in [-0.2, 0) is 22.4 Å². The quantitative estimate of drug-likeness (QED) is 0.664. The maximum absolute atomic E-state index is 12.9. The van der Waals surface area contributed by atoms with Gasteiger partial charge in [-0.25, -0.2) is 4.98 Å². The molecular formula is C25H25N3O3. The zero-order chi connectivity index (χ0) is 21.4. The first-order valence-corrected chi connectivity index (χ1v) is 10.7. The zero-order valence-corrected chi connectivity index (χ0v) is 17.5. The van der Waals surface area contributed by atoms with Gasteiger partial charge in [-0.3, -0.25) is 14.5 Å². The molecule has 1 saturated heterocycles. The smallest absolute Gasteiger partial charge is 0.323 e. The summed E-state index contributed by atoms with van der Waals surface area (Å²) in [5, 5.41) is 4.09. The Balaban J connectivity index is 1.32. The number of carbonyl (C=O) groups is 2. The lowest BCUT2D eigenvalue weighted by Crippen LogP contribution is -2.45. The van der Waals surface area contributed by atoms with Gasteiger partial charge in [0.2, 0.25) is 0 Å². The molecule has 1 aliphatic carbocycles. The Hall–Kier alpha value is -3.25. The van der Waals surface area contributed by atoms with E-state index >= 15 is 0 Å². The molecule has 0 unspecified atom stereocenters. The van der Waals surface area contributed by atoms with E-state index in [1.807, 2.05) is 30.3 Å². The fourth-order valence-corrected chi connectivity index (χ4v) is 4.96. The highest BCUT2D eigenvalue weighted by Crippen LogP contribution is 2.31. The SMILES string of the molecule is COC(=O)[C@@H]1C[C@H](NC(=O)c2ccc3ccccc3n2)CN1C1Cc2ccccc2C1. The summed E-state index contributed by atoms with van der Waals surface area (Å²) >= 11 is 0. The predicted octanol–water partition coefficient (Wildman–Crippen LogP) is 2.75. The second-order valence-corrected chi connectivity index (χ2v) is 8.36. The molecule has 5 rings (SSSR count). The van der Waals surface area contributed by atoms with E-state index in [4.69, 9.17) is 4.74 Å². The third-order valence-corrected chi connectivity index (χ3v) is 6.48. The number of esters is 1. The molecule has 0 radical (unpaired) electrons. The molecule has 1 aromatic heterocycles. The normalized spacial score (nSPS) is 21.2. The van der Waals surface area contributed by atoms with Crippen LogP contribution in [0.2, 0.25) is 0 Å². The van der Waals surface area contributed by atoms with Crippen molar-refractivity contribution in [3.05, 3.63) is 77.5 Å². The lowest BCUT2D eigenvalue weighted by atomic mass is 10.1. The van der Waals surface area contributed by atoms with Gasteiger partial charge in [0.15, 0.2) is 0 Å². The number of rotatable bonds is 4. The van der Waals surface area contributed by atoms with E-state index in [0.717, 1.165) is 23.7 Å². The summed E-state index contributed by atoms with van der Waals surface area (Å²) in [5.74, 6) is -0.451. The molecule has 6 heteroatoms. The van der Waals surface area contributed by atoms with Gasteiger partial charge in [0.1, 0.15) is 11.7 Å². The first-order valence-electron chi connectivity index (χ1n) is 10.7. The first-order chi connectivity index (χ1) is 15.1. The Morgan fingerprint density at radius 1 is 1.00 bits per heavy atom. The van der Waals surface area contributed by atoms with Crippen LogP contribution in [0.5, 0.6) is 0 Å². The minimum Gasteiger partial charge on any atom is -0.468 e. The van der Waals surface area contributed by atoms with Gasteiger partial charge in [-0.2, -0.15) is 0 Å². The Kier molecular flexibility index (Phi) is 5.16. The van der Waals surface area contributed by atoms with Gasteiger partial charge in [-0.15, -0.1) is 0 Å². The van der Waals surface area contributed by atoms with Crippen molar-refractivity contribution in [1.82, 2.24) is 15.2 Å². The van der Waals surface area contributed by atoms with Gasteiger partial charge in [0.25, 0.3) is 5.91 Å². The highest BCUT2D eigenvalue weighted by molar-refractivity contribution is 5.95. The molecule has 3 aromatic rings. The molecule has 0 spiro atoms. The fraction of sp³-hybridized carbons (Fsp3) is 0.320. The molecule has 158 valence electrons. The standard InChI is InChI=1S/C25H25N3O3/c1-31-25(30)23-14-19(15-28(23)20-12-17-7-2-3-8-18(17)13-20)26-24(29)22-11-10-16-6-4-5-9-21(16)27-22/h2-11,19-20,23H,12-15H2,1H3,(H,26,29)/t19-,23-/m0/s1. The summed E-state index contributed by atoms with van der Waals surface area (Å²) in [6.45, 7) is 0.623. The molecule has 1 fully saturated rings. The van der Waals surface area contributed by atoms with Crippen LogP contribution in [0, 0.1) is 0 Å². The van der Waals surface area contributed by atoms with Crippen LogP contribution in [0.25, 0.3) is 10.9 Å². The van der Waals surface area contributed by atoms with E-state index in [1.165, 1.54) is 18.2 Å². The number of likely N-dealkylation sites (tertiary alicyclic amines) is 1. The molecule has 2 aromatic carbocycles. The summed E-state index contributed by atoms with van der Waals surface area (Å²) in [7, 11) is 1.43. The number of pyridine rings is 1. The van der Waals surface area contributed by atoms with Gasteiger partial charge in [0.05, 0.1) is 12.6 Å². The van der Waals surface area contributed by atoms with Crippen molar-refractivity contribution in [1.29, 1.82) is 0 Å². The Morgan fingerprint density at radius 2 is 1.71 bits per heavy atom. The van der Waals surface area contributed by atoms with Crippen molar-refractivity contribution in [2.45, 2.75) is 37.4 Å². The summed E-state index contributed by atoms with van der Waals surface area (Å²) in [4.78, 5) is 32.1. The highest BCUT2D eigenvalue weighted by atomic mass is 16.5. The summed E-state index contributed by atoms with van der Waals surface area (Å²) < 4.78 is 5.08. The van der Waals surface area contributed by atoms with Gasteiger partial charge in [-0.05, 0) is 42.5 Å². The maximum atomic E-state index is 12.9. The van der Waals surface area contributed by atoms with Crippen molar-refractivity contribution in [3.8, 4) is 0 Å². The Morgan fingerprint density at radius 3 is 2.45 bits per heavy atom. The minimum absolute atomic E-state index is 0.131. The summed E-state index contributed by atoms with van der Waals surface area (Å²) in [6.07, 6.45) is 2.37. The fourth-order valence-electron chi connectivity index (χ4n) is 4.96. The van der Waals surface area contributed by atoms with Crippen LogP contribution in [0.1, 0.15) is 28.0 Å². The van der Waals surface area contributed by atoms with Gasteiger partial charge >= 0.3 is 5.97 Å². The molecule has 2 atom stereocenters. The number of hydrogen-bond acceptors (Lipinski definition) is 5. The zero-order valence-electron chi connectivity index (χ0n) is 17.5. The van der Waals surface area contributed by atoms with Gasteiger partial charge in [-0.1, -0.05) is 48.5 Å².